The van der Waals surface area contributed by atoms with Crippen LogP contribution < -0.4 is 0 Å². The van der Waals surface area contributed by atoms with Crippen molar-refractivity contribution >= 4 is 0 Å². The van der Waals surface area contributed by atoms with E-state index in [1.807, 2.05) is 47.6 Å². The Morgan fingerprint density at radius 2 is 1.78 bits per heavy atom. The van der Waals surface area contributed by atoms with Gasteiger partial charge < -0.3 is 28.4 Å². The van der Waals surface area contributed by atoms with Gasteiger partial charge >= 0.3 is 0 Å². The lowest BCUT2D eigenvalue weighted by atomic mass is 10.1. The molecule has 0 radical (unpaired) electrons. The smallest absolute Gasteiger partial charge is 0.190 e. The molecule has 3 aliphatic rings. The lowest BCUT2D eigenvalue weighted by molar-refractivity contribution is -0.235. The highest BCUT2D eigenvalue weighted by atomic mass is 16.8. The van der Waals surface area contributed by atoms with Gasteiger partial charge in [0.1, 0.15) is 24.4 Å². The second-order valence-electron chi connectivity index (χ2n) is 7.52. The Kier molecular flexibility index (Phi) is 4.59. The highest BCUT2D eigenvalue weighted by Crippen LogP contribution is 2.41. The molecular formula is C17H28O6. The fraction of sp³-hybridized carbons (Fsp3) is 0.882. The molecule has 0 amide bonds. The first-order valence-corrected chi connectivity index (χ1v) is 8.25. The Hall–Kier alpha value is -0.500. The van der Waals surface area contributed by atoms with E-state index in [2.05, 4.69) is 0 Å². The molecule has 23 heavy (non-hydrogen) atoms. The third kappa shape index (κ3) is 3.78. The van der Waals surface area contributed by atoms with E-state index in [1.165, 1.54) is 5.57 Å². The summed E-state index contributed by atoms with van der Waals surface area (Å²) >= 11 is 0. The monoisotopic (exact) mass is 328 g/mol. The van der Waals surface area contributed by atoms with Gasteiger partial charge in [-0.15, -0.1) is 0 Å². The van der Waals surface area contributed by atoms with Crippen LogP contribution in [0.4, 0.5) is 0 Å². The van der Waals surface area contributed by atoms with E-state index in [1.54, 1.807) is 0 Å². The number of rotatable bonds is 4. The summed E-state index contributed by atoms with van der Waals surface area (Å²) in [6.07, 6.45) is 0.643. The molecule has 132 valence electrons. The van der Waals surface area contributed by atoms with Gasteiger partial charge in [0.15, 0.2) is 17.9 Å². The van der Waals surface area contributed by atoms with Crippen LogP contribution >= 0.6 is 0 Å². The summed E-state index contributed by atoms with van der Waals surface area (Å²) in [6.45, 7) is 12.6. The van der Waals surface area contributed by atoms with Crippen molar-refractivity contribution in [1.29, 1.82) is 0 Å². The standard InChI is InChI=1S/C17H28O6/c1-10(2)7-8-18-13-12(11-9-19-16(3,4)21-11)20-15-14(13)22-17(5,6)23-15/h7,11-15H,8-9H2,1-6H3/t11-,12-,13-,14-,15-/m1/s1. The molecule has 3 saturated heterocycles. The summed E-state index contributed by atoms with van der Waals surface area (Å²) in [5.74, 6) is -1.26. The molecular weight excluding hydrogens is 300 g/mol. The molecule has 6 heteroatoms. The first kappa shape index (κ1) is 17.3. The minimum absolute atomic E-state index is 0.192. The maximum absolute atomic E-state index is 6.07. The lowest BCUT2D eigenvalue weighted by Crippen LogP contribution is -2.44. The first-order chi connectivity index (χ1) is 10.7. The topological polar surface area (TPSA) is 55.4 Å². The van der Waals surface area contributed by atoms with Crippen molar-refractivity contribution in [3.05, 3.63) is 11.6 Å². The highest BCUT2D eigenvalue weighted by Gasteiger charge is 2.58. The number of allylic oxidation sites excluding steroid dienone is 1. The molecule has 0 spiro atoms. The minimum Gasteiger partial charge on any atom is -0.368 e. The molecule has 0 aromatic heterocycles. The molecule has 0 aromatic carbocycles. The Morgan fingerprint density at radius 1 is 1.04 bits per heavy atom. The summed E-state index contributed by atoms with van der Waals surface area (Å²) in [5, 5.41) is 0. The van der Waals surface area contributed by atoms with Gasteiger partial charge in [-0.3, -0.25) is 0 Å². The van der Waals surface area contributed by atoms with Crippen LogP contribution in [0.15, 0.2) is 11.6 Å². The van der Waals surface area contributed by atoms with Crippen molar-refractivity contribution in [1.82, 2.24) is 0 Å². The van der Waals surface area contributed by atoms with Gasteiger partial charge in [-0.05, 0) is 41.5 Å². The van der Waals surface area contributed by atoms with Crippen molar-refractivity contribution in [2.24, 2.45) is 0 Å². The zero-order valence-electron chi connectivity index (χ0n) is 14.8. The average Bonchev–Trinajstić information content (AvgIpc) is 3.00. The molecule has 0 unspecified atom stereocenters. The van der Waals surface area contributed by atoms with Gasteiger partial charge in [0, 0.05) is 0 Å². The van der Waals surface area contributed by atoms with Crippen LogP contribution in [0.5, 0.6) is 0 Å². The molecule has 3 rings (SSSR count). The number of ether oxygens (including phenoxy) is 6. The van der Waals surface area contributed by atoms with E-state index >= 15 is 0 Å². The number of fused-ring (bicyclic) bond motifs is 1. The van der Waals surface area contributed by atoms with Crippen LogP contribution in [0.1, 0.15) is 41.5 Å². The predicted octanol–water partition coefficient (Wildman–Crippen LogP) is 2.37. The fourth-order valence-electron chi connectivity index (χ4n) is 3.20. The SMILES string of the molecule is CC(C)=CCO[C@H]1[C@H]2OC(C)(C)O[C@H]2O[C@@H]1[C@H]1COC(C)(C)O1. The first-order valence-electron chi connectivity index (χ1n) is 8.25. The number of hydrogen-bond donors (Lipinski definition) is 0. The highest BCUT2D eigenvalue weighted by molar-refractivity contribution is 5.00. The minimum atomic E-state index is -0.662. The number of hydrogen-bond acceptors (Lipinski definition) is 6. The van der Waals surface area contributed by atoms with E-state index in [-0.39, 0.29) is 24.4 Å². The Balaban J connectivity index is 1.72. The normalized spacial score (nSPS) is 41.0. The third-order valence-corrected chi connectivity index (χ3v) is 4.20. The van der Waals surface area contributed by atoms with Crippen LogP contribution in [0.25, 0.3) is 0 Å². The molecule has 0 aliphatic carbocycles. The van der Waals surface area contributed by atoms with Crippen LogP contribution in [0.2, 0.25) is 0 Å². The van der Waals surface area contributed by atoms with Crippen molar-refractivity contribution in [3.8, 4) is 0 Å². The predicted molar refractivity (Wildman–Crippen MR) is 82.8 cm³/mol. The largest absolute Gasteiger partial charge is 0.368 e. The molecule has 5 atom stereocenters. The van der Waals surface area contributed by atoms with E-state index in [0.717, 1.165) is 0 Å². The summed E-state index contributed by atoms with van der Waals surface area (Å²) < 4.78 is 35.6. The van der Waals surface area contributed by atoms with Gasteiger partial charge in [0.25, 0.3) is 0 Å². The van der Waals surface area contributed by atoms with Crippen molar-refractivity contribution in [3.63, 3.8) is 0 Å². The zero-order valence-corrected chi connectivity index (χ0v) is 14.8. The van der Waals surface area contributed by atoms with Gasteiger partial charge in [-0.1, -0.05) is 11.6 Å². The summed E-state index contributed by atoms with van der Waals surface area (Å²) in [4.78, 5) is 0. The summed E-state index contributed by atoms with van der Waals surface area (Å²) in [7, 11) is 0. The van der Waals surface area contributed by atoms with Crippen LogP contribution in [0.3, 0.4) is 0 Å². The molecule has 0 aromatic rings. The van der Waals surface area contributed by atoms with Crippen LogP contribution in [-0.2, 0) is 28.4 Å². The quantitative estimate of drug-likeness (QED) is 0.739. The van der Waals surface area contributed by atoms with E-state index in [9.17, 15) is 0 Å². The second kappa shape index (κ2) is 6.10. The summed E-state index contributed by atoms with van der Waals surface area (Å²) in [6, 6.07) is 0. The molecule has 6 nitrogen and oxygen atoms in total. The van der Waals surface area contributed by atoms with Gasteiger partial charge in [-0.2, -0.15) is 0 Å². The molecule has 3 heterocycles. The summed E-state index contributed by atoms with van der Waals surface area (Å²) in [5.41, 5.74) is 1.21. The van der Waals surface area contributed by atoms with Crippen molar-refractivity contribution in [2.75, 3.05) is 13.2 Å². The Bertz CT molecular complexity index is 468. The molecule has 3 aliphatic heterocycles. The van der Waals surface area contributed by atoms with Crippen molar-refractivity contribution in [2.45, 2.75) is 83.8 Å². The molecule has 0 bridgehead atoms. The van der Waals surface area contributed by atoms with E-state index < -0.39 is 17.9 Å². The van der Waals surface area contributed by atoms with Gasteiger partial charge in [-0.25, -0.2) is 0 Å². The maximum atomic E-state index is 6.07. The Morgan fingerprint density at radius 3 is 2.39 bits per heavy atom. The lowest BCUT2D eigenvalue weighted by Gasteiger charge is -2.28. The molecule has 0 saturated carbocycles. The Labute approximate surface area is 138 Å². The van der Waals surface area contributed by atoms with Gasteiger partial charge in [0.05, 0.1) is 13.2 Å². The average molecular weight is 328 g/mol. The maximum Gasteiger partial charge on any atom is 0.190 e. The fourth-order valence-corrected chi connectivity index (χ4v) is 3.20. The van der Waals surface area contributed by atoms with Crippen molar-refractivity contribution < 1.29 is 28.4 Å². The molecule has 0 N–H and O–H groups in total. The second-order valence-corrected chi connectivity index (χ2v) is 7.52. The third-order valence-electron chi connectivity index (χ3n) is 4.20. The van der Waals surface area contributed by atoms with E-state index in [0.29, 0.717) is 13.2 Å². The van der Waals surface area contributed by atoms with E-state index in [4.69, 9.17) is 28.4 Å². The van der Waals surface area contributed by atoms with Gasteiger partial charge in [0.2, 0.25) is 0 Å². The van der Waals surface area contributed by atoms with Crippen LogP contribution in [0, 0.1) is 0 Å². The zero-order chi connectivity index (χ0) is 16.8. The molecule has 3 fully saturated rings. The van der Waals surface area contributed by atoms with Crippen LogP contribution in [-0.4, -0.2) is 55.5 Å².